The maximum absolute atomic E-state index is 14.2. The Morgan fingerprint density at radius 3 is 2.42 bits per heavy atom. The summed E-state index contributed by atoms with van der Waals surface area (Å²) in [7, 11) is 1.62. The largest absolute Gasteiger partial charge is 0.497 e. The minimum absolute atomic E-state index is 0.0761. The maximum atomic E-state index is 14.2. The van der Waals surface area contributed by atoms with Gasteiger partial charge in [-0.05, 0) is 42.0 Å². The third-order valence-corrected chi connectivity index (χ3v) is 5.28. The van der Waals surface area contributed by atoms with Crippen LogP contribution in [0.15, 0.2) is 96.5 Å². The van der Waals surface area contributed by atoms with Gasteiger partial charge < -0.3 is 14.3 Å². The first-order valence-corrected chi connectivity index (χ1v) is 10.5. The summed E-state index contributed by atoms with van der Waals surface area (Å²) >= 11 is 0. The van der Waals surface area contributed by atoms with Gasteiger partial charge in [-0.2, -0.15) is 4.99 Å². The summed E-state index contributed by atoms with van der Waals surface area (Å²) in [6.07, 6.45) is 2.34. The number of aromatic nitrogens is 2. The van der Waals surface area contributed by atoms with Crippen molar-refractivity contribution in [3.05, 3.63) is 120 Å². The topological polar surface area (TPSA) is 59.4 Å². The van der Waals surface area contributed by atoms with Crippen molar-refractivity contribution in [2.24, 2.45) is 4.99 Å². The molecular weight excluding hydrogens is 417 g/mol. The SMILES string of the molecule is C=CCn1c(-c2ccc(OC)cc2)c(Cc2ccccc2)[nH]/c1=N\C(=O)c1ccccc1F. The van der Waals surface area contributed by atoms with Crippen molar-refractivity contribution in [2.45, 2.75) is 13.0 Å². The molecular formula is C27H24FN3O2. The summed E-state index contributed by atoms with van der Waals surface area (Å²) in [5.74, 6) is -0.513. The Kier molecular flexibility index (Phi) is 6.64. The number of imidazole rings is 1. The van der Waals surface area contributed by atoms with E-state index in [2.05, 4.69) is 16.6 Å². The second kappa shape index (κ2) is 9.96. The van der Waals surface area contributed by atoms with Crippen LogP contribution in [0.25, 0.3) is 11.3 Å². The number of methoxy groups -OCH3 is 1. The molecule has 4 rings (SSSR count). The van der Waals surface area contributed by atoms with Crippen molar-refractivity contribution in [2.75, 3.05) is 7.11 Å². The van der Waals surface area contributed by atoms with Crippen LogP contribution in [-0.4, -0.2) is 22.6 Å². The van der Waals surface area contributed by atoms with Gasteiger partial charge in [0.15, 0.2) is 0 Å². The molecule has 33 heavy (non-hydrogen) atoms. The van der Waals surface area contributed by atoms with Crippen molar-refractivity contribution in [3.63, 3.8) is 0 Å². The number of nitrogens with zero attached hydrogens (tertiary/aromatic N) is 2. The van der Waals surface area contributed by atoms with E-state index >= 15 is 0 Å². The van der Waals surface area contributed by atoms with Crippen molar-refractivity contribution in [1.29, 1.82) is 0 Å². The number of carbonyl (C=O) groups is 1. The molecule has 0 spiro atoms. The Morgan fingerprint density at radius 1 is 1.06 bits per heavy atom. The summed E-state index contributed by atoms with van der Waals surface area (Å²) < 4.78 is 21.4. The van der Waals surface area contributed by atoms with Crippen LogP contribution in [0, 0.1) is 5.82 Å². The maximum Gasteiger partial charge on any atom is 0.283 e. The van der Waals surface area contributed by atoms with Crippen LogP contribution >= 0.6 is 0 Å². The van der Waals surface area contributed by atoms with E-state index in [-0.39, 0.29) is 5.56 Å². The molecule has 0 radical (unpaired) electrons. The van der Waals surface area contributed by atoms with Crippen LogP contribution in [0.5, 0.6) is 5.75 Å². The van der Waals surface area contributed by atoms with Gasteiger partial charge in [-0.25, -0.2) is 4.39 Å². The predicted octanol–water partition coefficient (Wildman–Crippen LogP) is 5.15. The molecule has 166 valence electrons. The molecule has 1 aromatic heterocycles. The van der Waals surface area contributed by atoms with E-state index in [0.717, 1.165) is 28.3 Å². The lowest BCUT2D eigenvalue weighted by molar-refractivity contribution is 0.0992. The average molecular weight is 442 g/mol. The molecule has 0 bridgehead atoms. The zero-order valence-corrected chi connectivity index (χ0v) is 18.3. The molecule has 1 N–H and O–H groups in total. The molecule has 0 aliphatic rings. The Hall–Kier alpha value is -4.19. The number of H-pyrrole nitrogens is 1. The van der Waals surface area contributed by atoms with E-state index < -0.39 is 11.7 Å². The Bertz CT molecular complexity index is 1340. The molecule has 5 nitrogen and oxygen atoms in total. The number of halogens is 1. The highest BCUT2D eigenvalue weighted by Crippen LogP contribution is 2.26. The van der Waals surface area contributed by atoms with E-state index in [4.69, 9.17) is 4.74 Å². The first-order chi connectivity index (χ1) is 16.1. The zero-order chi connectivity index (χ0) is 23.2. The third kappa shape index (κ3) is 4.85. The fourth-order valence-electron chi connectivity index (χ4n) is 3.72. The molecule has 0 fully saturated rings. The smallest absolute Gasteiger partial charge is 0.283 e. The van der Waals surface area contributed by atoms with Gasteiger partial charge in [-0.1, -0.05) is 48.5 Å². The standard InChI is InChI=1S/C27H24FN3O2/c1-3-17-31-25(20-13-15-21(33-2)16-14-20)24(18-19-9-5-4-6-10-19)29-27(31)30-26(32)22-11-7-8-12-23(22)28/h3-16H,1,17-18H2,2H3,(H,29,30,32). The van der Waals surface area contributed by atoms with Gasteiger partial charge in [0.1, 0.15) is 11.6 Å². The second-order valence-corrected chi connectivity index (χ2v) is 7.46. The van der Waals surface area contributed by atoms with E-state index in [1.807, 2.05) is 59.2 Å². The number of carbonyl (C=O) groups excluding carboxylic acids is 1. The van der Waals surface area contributed by atoms with Gasteiger partial charge in [0.2, 0.25) is 5.62 Å². The molecule has 0 saturated carbocycles. The number of rotatable bonds is 7. The Labute approximate surface area is 191 Å². The fourth-order valence-corrected chi connectivity index (χ4v) is 3.72. The van der Waals surface area contributed by atoms with Crippen LogP contribution in [0.2, 0.25) is 0 Å². The van der Waals surface area contributed by atoms with Gasteiger partial charge in [-0.15, -0.1) is 6.58 Å². The van der Waals surface area contributed by atoms with Crippen molar-refractivity contribution >= 4 is 5.91 Å². The molecule has 1 heterocycles. The zero-order valence-electron chi connectivity index (χ0n) is 18.3. The number of amides is 1. The Morgan fingerprint density at radius 2 is 1.76 bits per heavy atom. The van der Waals surface area contributed by atoms with Crippen LogP contribution in [-0.2, 0) is 13.0 Å². The lowest BCUT2D eigenvalue weighted by Gasteiger charge is -2.10. The molecule has 0 aliphatic carbocycles. The van der Waals surface area contributed by atoms with Crippen LogP contribution in [0.1, 0.15) is 21.6 Å². The highest BCUT2D eigenvalue weighted by molar-refractivity contribution is 5.95. The highest BCUT2D eigenvalue weighted by Gasteiger charge is 2.17. The van der Waals surface area contributed by atoms with E-state index in [0.29, 0.717) is 18.6 Å². The number of aromatic amines is 1. The summed E-state index contributed by atoms with van der Waals surface area (Å²) in [5.41, 5.74) is 4.05. The lowest BCUT2D eigenvalue weighted by Crippen LogP contribution is -2.21. The molecule has 6 heteroatoms. The van der Waals surface area contributed by atoms with Crippen molar-refractivity contribution < 1.29 is 13.9 Å². The number of nitrogens with one attached hydrogen (secondary N) is 1. The van der Waals surface area contributed by atoms with Gasteiger partial charge in [0, 0.05) is 24.2 Å². The normalized spacial score (nSPS) is 11.4. The van der Waals surface area contributed by atoms with Crippen molar-refractivity contribution in [3.8, 4) is 17.0 Å². The number of ether oxygens (including phenoxy) is 1. The quantitative estimate of drug-likeness (QED) is 0.403. The molecule has 4 aromatic rings. The van der Waals surface area contributed by atoms with Gasteiger partial charge in [-0.3, -0.25) is 4.79 Å². The summed E-state index contributed by atoms with van der Waals surface area (Å²) in [6.45, 7) is 4.28. The molecule has 0 aliphatic heterocycles. The van der Waals surface area contributed by atoms with Gasteiger partial charge >= 0.3 is 0 Å². The molecule has 0 saturated heterocycles. The van der Waals surface area contributed by atoms with Crippen molar-refractivity contribution in [1.82, 2.24) is 9.55 Å². The van der Waals surface area contributed by atoms with Gasteiger partial charge in [0.05, 0.1) is 18.4 Å². The average Bonchev–Trinajstić information content (AvgIpc) is 3.16. The van der Waals surface area contributed by atoms with E-state index in [1.165, 1.54) is 12.1 Å². The molecule has 3 aromatic carbocycles. The van der Waals surface area contributed by atoms with Crippen LogP contribution in [0.3, 0.4) is 0 Å². The predicted molar refractivity (Wildman–Crippen MR) is 127 cm³/mol. The van der Waals surface area contributed by atoms with Gasteiger partial charge in [0.25, 0.3) is 5.91 Å². The van der Waals surface area contributed by atoms with Crippen LogP contribution in [0.4, 0.5) is 4.39 Å². The minimum Gasteiger partial charge on any atom is -0.497 e. The van der Waals surface area contributed by atoms with Crippen LogP contribution < -0.4 is 10.4 Å². The number of hydrogen-bond donors (Lipinski definition) is 1. The summed E-state index contributed by atoms with van der Waals surface area (Å²) in [6, 6.07) is 23.5. The summed E-state index contributed by atoms with van der Waals surface area (Å²) in [5, 5.41) is 0. The minimum atomic E-state index is -0.653. The first-order valence-electron chi connectivity index (χ1n) is 10.5. The number of allylic oxidation sites excluding steroid dienone is 1. The molecule has 0 unspecified atom stereocenters. The van der Waals surface area contributed by atoms with E-state index in [9.17, 15) is 9.18 Å². The van der Waals surface area contributed by atoms with E-state index in [1.54, 1.807) is 25.3 Å². The molecule has 1 amide bonds. The number of hydrogen-bond acceptors (Lipinski definition) is 2. The third-order valence-electron chi connectivity index (χ3n) is 5.28. The second-order valence-electron chi connectivity index (χ2n) is 7.46. The molecule has 0 atom stereocenters. The fraction of sp³-hybridized carbons (Fsp3) is 0.111. The monoisotopic (exact) mass is 441 g/mol. The first kappa shape index (κ1) is 22.0. The lowest BCUT2D eigenvalue weighted by atomic mass is 10.0. The number of benzene rings is 3. The summed E-state index contributed by atoms with van der Waals surface area (Å²) in [4.78, 5) is 20.4. The highest BCUT2D eigenvalue weighted by atomic mass is 19.1. The Balaban J connectivity index is 1.90.